The van der Waals surface area contributed by atoms with Gasteiger partial charge in [-0.3, -0.25) is 4.99 Å². The van der Waals surface area contributed by atoms with Crippen LogP contribution in [-0.2, 0) is 18.5 Å². The predicted octanol–water partition coefficient (Wildman–Crippen LogP) is 2.88. The molecule has 0 spiro atoms. The largest absolute Gasteiger partial charge is 0.493 e. The van der Waals surface area contributed by atoms with Crippen LogP contribution in [0.3, 0.4) is 0 Å². The Balaban J connectivity index is 1.73. The molecule has 1 heterocycles. The second-order valence-corrected chi connectivity index (χ2v) is 7.72. The fourth-order valence-electron chi connectivity index (χ4n) is 4.28. The van der Waals surface area contributed by atoms with E-state index >= 15 is 0 Å². The highest BCUT2D eigenvalue weighted by Crippen LogP contribution is 2.42. The van der Waals surface area contributed by atoms with Crippen molar-refractivity contribution in [3.63, 3.8) is 0 Å². The van der Waals surface area contributed by atoms with E-state index in [0.29, 0.717) is 6.54 Å². The van der Waals surface area contributed by atoms with Crippen molar-refractivity contribution in [1.29, 1.82) is 0 Å². The average molecular weight is 415 g/mol. The van der Waals surface area contributed by atoms with Crippen molar-refractivity contribution >= 4 is 5.96 Å². The van der Waals surface area contributed by atoms with Gasteiger partial charge in [0.2, 0.25) is 0 Å². The van der Waals surface area contributed by atoms with E-state index in [1.807, 2.05) is 10.6 Å². The molecule has 8 nitrogen and oxygen atoms in total. The second kappa shape index (κ2) is 10.3. The molecule has 0 atom stereocenters. The van der Waals surface area contributed by atoms with Crippen LogP contribution >= 0.6 is 0 Å². The number of rotatable bonds is 8. The van der Waals surface area contributed by atoms with Crippen molar-refractivity contribution < 1.29 is 9.47 Å². The summed E-state index contributed by atoms with van der Waals surface area (Å²) in [6.07, 6.45) is 7.76. The molecule has 8 heteroatoms. The molecule has 1 fully saturated rings. The van der Waals surface area contributed by atoms with E-state index in [0.717, 1.165) is 49.2 Å². The molecule has 0 unspecified atom stereocenters. The highest BCUT2D eigenvalue weighted by molar-refractivity contribution is 5.79. The summed E-state index contributed by atoms with van der Waals surface area (Å²) < 4.78 is 13.0. The highest BCUT2D eigenvalue weighted by Gasteiger charge is 2.34. The monoisotopic (exact) mass is 414 g/mol. The van der Waals surface area contributed by atoms with Crippen molar-refractivity contribution in [2.45, 2.75) is 57.5 Å². The van der Waals surface area contributed by atoms with Gasteiger partial charge in [-0.25, -0.2) is 0 Å². The molecule has 3 rings (SSSR count). The Kier molecular flexibility index (Phi) is 7.54. The Morgan fingerprint density at radius 3 is 2.57 bits per heavy atom. The van der Waals surface area contributed by atoms with Crippen LogP contribution in [0.5, 0.6) is 11.5 Å². The van der Waals surface area contributed by atoms with Crippen LogP contribution in [-0.4, -0.2) is 48.5 Å². The fraction of sp³-hybridized carbons (Fsp3) is 0.591. The number of methoxy groups -OCH3 is 2. The van der Waals surface area contributed by atoms with E-state index in [2.05, 4.69) is 44.9 Å². The van der Waals surface area contributed by atoms with Crippen LogP contribution in [0.4, 0.5) is 0 Å². The van der Waals surface area contributed by atoms with Gasteiger partial charge < -0.3 is 24.7 Å². The maximum atomic E-state index is 5.56. The number of hydrogen-bond donors (Lipinski definition) is 2. The summed E-state index contributed by atoms with van der Waals surface area (Å²) in [5, 5.41) is 15.1. The molecule has 0 amide bonds. The summed E-state index contributed by atoms with van der Waals surface area (Å²) in [5.41, 5.74) is 1.33. The van der Waals surface area contributed by atoms with E-state index in [9.17, 15) is 0 Å². The van der Waals surface area contributed by atoms with E-state index in [1.54, 1.807) is 27.6 Å². The van der Waals surface area contributed by atoms with Gasteiger partial charge in [0.1, 0.15) is 6.33 Å². The number of aliphatic imine (C=N–C) groups is 1. The van der Waals surface area contributed by atoms with Crippen molar-refractivity contribution in [3.05, 3.63) is 35.9 Å². The zero-order chi connectivity index (χ0) is 21.4. The molecule has 30 heavy (non-hydrogen) atoms. The first kappa shape index (κ1) is 21.9. The zero-order valence-electron chi connectivity index (χ0n) is 18.6. The average Bonchev–Trinajstić information content (AvgIpc) is 3.27. The number of aryl methyl sites for hydroxylation is 1. The van der Waals surface area contributed by atoms with Crippen LogP contribution in [0.15, 0.2) is 29.5 Å². The molecule has 1 aromatic heterocycles. The molecule has 2 N–H and O–H groups in total. The normalized spacial score (nSPS) is 16.2. The highest BCUT2D eigenvalue weighted by atomic mass is 16.5. The van der Waals surface area contributed by atoms with Crippen molar-refractivity contribution in [1.82, 2.24) is 25.4 Å². The topological polar surface area (TPSA) is 85.6 Å². The van der Waals surface area contributed by atoms with Gasteiger partial charge in [-0.1, -0.05) is 25.3 Å². The Morgan fingerprint density at radius 2 is 1.90 bits per heavy atom. The molecule has 1 aromatic carbocycles. The van der Waals surface area contributed by atoms with Gasteiger partial charge in [0.05, 0.1) is 20.8 Å². The zero-order valence-corrected chi connectivity index (χ0v) is 18.6. The summed E-state index contributed by atoms with van der Waals surface area (Å²) in [4.78, 5) is 4.41. The fourth-order valence-corrected chi connectivity index (χ4v) is 4.28. The number of nitrogens with zero attached hydrogens (tertiary/aromatic N) is 4. The summed E-state index contributed by atoms with van der Waals surface area (Å²) in [5.74, 6) is 3.21. The first-order valence-electron chi connectivity index (χ1n) is 10.7. The summed E-state index contributed by atoms with van der Waals surface area (Å²) in [7, 11) is 5.16. The maximum Gasteiger partial charge on any atom is 0.191 e. The molecular formula is C22H34N6O2. The first-order chi connectivity index (χ1) is 14.7. The van der Waals surface area contributed by atoms with Gasteiger partial charge in [0.15, 0.2) is 23.3 Å². The van der Waals surface area contributed by atoms with Gasteiger partial charge >= 0.3 is 0 Å². The van der Waals surface area contributed by atoms with E-state index in [1.165, 1.54) is 24.8 Å². The third kappa shape index (κ3) is 4.86. The van der Waals surface area contributed by atoms with Crippen molar-refractivity contribution in [3.8, 4) is 11.5 Å². The van der Waals surface area contributed by atoms with Crippen molar-refractivity contribution in [2.75, 3.05) is 27.8 Å². The third-order valence-electron chi connectivity index (χ3n) is 6.07. The molecule has 0 aliphatic heterocycles. The number of hydrogen-bond acceptors (Lipinski definition) is 5. The SMILES string of the molecule is CCn1cnnc1CNC(=NC)NCC1(c2ccc(OC)c(OC)c2)CCCCC1. The minimum Gasteiger partial charge on any atom is -0.493 e. The number of aromatic nitrogens is 3. The molecule has 164 valence electrons. The van der Waals surface area contributed by atoms with Gasteiger partial charge in [0, 0.05) is 25.6 Å². The van der Waals surface area contributed by atoms with Crippen LogP contribution < -0.4 is 20.1 Å². The lowest BCUT2D eigenvalue weighted by Gasteiger charge is -2.38. The van der Waals surface area contributed by atoms with E-state index in [-0.39, 0.29) is 5.41 Å². The molecule has 0 bridgehead atoms. The lowest BCUT2D eigenvalue weighted by atomic mass is 9.69. The Hall–Kier alpha value is -2.77. The number of ether oxygens (including phenoxy) is 2. The number of nitrogens with one attached hydrogen (secondary N) is 2. The Morgan fingerprint density at radius 1 is 1.13 bits per heavy atom. The van der Waals surface area contributed by atoms with Gasteiger partial charge in [-0.05, 0) is 37.5 Å². The predicted molar refractivity (Wildman–Crippen MR) is 118 cm³/mol. The lowest BCUT2D eigenvalue weighted by molar-refractivity contribution is 0.288. The number of guanidine groups is 1. The molecule has 0 radical (unpaired) electrons. The van der Waals surface area contributed by atoms with Crippen LogP contribution in [0, 0.1) is 0 Å². The van der Waals surface area contributed by atoms with E-state index in [4.69, 9.17) is 9.47 Å². The second-order valence-electron chi connectivity index (χ2n) is 7.72. The first-order valence-corrected chi connectivity index (χ1v) is 10.7. The lowest BCUT2D eigenvalue weighted by Crippen LogP contribution is -2.46. The molecule has 2 aromatic rings. The van der Waals surface area contributed by atoms with Gasteiger partial charge in [-0.15, -0.1) is 10.2 Å². The Bertz CT molecular complexity index is 842. The minimum absolute atomic E-state index is 0.0405. The summed E-state index contributed by atoms with van der Waals surface area (Å²) in [6, 6.07) is 6.31. The van der Waals surface area contributed by atoms with Crippen LogP contribution in [0.2, 0.25) is 0 Å². The molecular weight excluding hydrogens is 380 g/mol. The molecule has 1 saturated carbocycles. The summed E-state index contributed by atoms with van der Waals surface area (Å²) >= 11 is 0. The van der Waals surface area contributed by atoms with Crippen molar-refractivity contribution in [2.24, 2.45) is 4.99 Å². The van der Waals surface area contributed by atoms with Crippen LogP contribution in [0.1, 0.15) is 50.4 Å². The standard InChI is InChI=1S/C22H34N6O2/c1-5-28-16-26-27-20(28)14-24-21(23-2)25-15-22(11-7-6-8-12-22)17-9-10-18(29-3)19(13-17)30-4/h9-10,13,16H,5-8,11-12,14-15H2,1-4H3,(H2,23,24,25). The van der Waals surface area contributed by atoms with Gasteiger partial charge in [-0.2, -0.15) is 0 Å². The number of benzene rings is 1. The smallest absolute Gasteiger partial charge is 0.191 e. The quantitative estimate of drug-likeness (QED) is 0.510. The minimum atomic E-state index is 0.0405. The third-order valence-corrected chi connectivity index (χ3v) is 6.07. The maximum absolute atomic E-state index is 5.56. The van der Waals surface area contributed by atoms with Gasteiger partial charge in [0.25, 0.3) is 0 Å². The summed E-state index contributed by atoms with van der Waals surface area (Å²) in [6.45, 7) is 4.31. The molecule has 1 aliphatic carbocycles. The molecule has 1 aliphatic rings. The Labute approximate surface area is 179 Å². The van der Waals surface area contributed by atoms with E-state index < -0.39 is 0 Å². The molecule has 0 saturated heterocycles. The van der Waals surface area contributed by atoms with Crippen LogP contribution in [0.25, 0.3) is 0 Å².